The van der Waals surface area contributed by atoms with Gasteiger partial charge in [-0.2, -0.15) is 0 Å². The lowest BCUT2D eigenvalue weighted by Crippen LogP contribution is -2.22. The average molecular weight is 231 g/mol. The zero-order valence-corrected chi connectivity index (χ0v) is 11.8. The number of aryl methyl sites for hydroxylation is 1. The molecule has 1 nitrogen and oxygen atoms in total. The van der Waals surface area contributed by atoms with Crippen molar-refractivity contribution in [2.45, 2.75) is 58.9 Å². The molecular weight excluding hydrogens is 206 g/mol. The number of hydrogen-bond donors (Lipinski definition) is 1. The van der Waals surface area contributed by atoms with Gasteiger partial charge in [0.1, 0.15) is 0 Å². The SMILES string of the molecule is Cc1ccc(C(C)(C)C)cc1C(N)C1(C)CC1. The molecule has 0 spiro atoms. The normalized spacial score (nSPS) is 20.1. The van der Waals surface area contributed by atoms with E-state index in [0.29, 0.717) is 5.41 Å². The van der Waals surface area contributed by atoms with Crippen molar-refractivity contribution in [3.8, 4) is 0 Å². The second-order valence-electron chi connectivity index (χ2n) is 6.95. The lowest BCUT2D eigenvalue weighted by molar-refractivity contribution is 0.448. The maximum Gasteiger partial charge on any atom is 0.0352 e. The van der Waals surface area contributed by atoms with Gasteiger partial charge in [0.05, 0.1) is 0 Å². The predicted molar refractivity (Wildman–Crippen MR) is 74.1 cm³/mol. The molecule has 1 aliphatic rings. The van der Waals surface area contributed by atoms with E-state index in [2.05, 4.69) is 52.8 Å². The minimum absolute atomic E-state index is 0.199. The molecule has 94 valence electrons. The Morgan fingerprint density at radius 2 is 1.82 bits per heavy atom. The highest BCUT2D eigenvalue weighted by Crippen LogP contribution is 2.53. The summed E-state index contributed by atoms with van der Waals surface area (Å²) in [6, 6.07) is 6.98. The maximum atomic E-state index is 6.45. The van der Waals surface area contributed by atoms with Crippen molar-refractivity contribution >= 4 is 0 Å². The summed E-state index contributed by atoms with van der Waals surface area (Å²) in [4.78, 5) is 0. The van der Waals surface area contributed by atoms with E-state index in [1.54, 1.807) is 0 Å². The van der Waals surface area contributed by atoms with Crippen molar-refractivity contribution in [3.63, 3.8) is 0 Å². The predicted octanol–water partition coefficient (Wildman–Crippen LogP) is 4.09. The monoisotopic (exact) mass is 231 g/mol. The largest absolute Gasteiger partial charge is 0.323 e. The third kappa shape index (κ3) is 2.40. The molecule has 1 aromatic rings. The third-order valence-electron chi connectivity index (χ3n) is 4.27. The highest BCUT2D eigenvalue weighted by atomic mass is 14.7. The summed E-state index contributed by atoms with van der Waals surface area (Å²) in [7, 11) is 0. The Hall–Kier alpha value is -0.820. The van der Waals surface area contributed by atoms with E-state index in [0.717, 1.165) is 0 Å². The minimum Gasteiger partial charge on any atom is -0.323 e. The lowest BCUT2D eigenvalue weighted by Gasteiger charge is -2.25. The molecule has 2 rings (SSSR count). The molecule has 0 saturated heterocycles. The van der Waals surface area contributed by atoms with E-state index >= 15 is 0 Å². The topological polar surface area (TPSA) is 26.0 Å². The van der Waals surface area contributed by atoms with Crippen LogP contribution in [0.25, 0.3) is 0 Å². The van der Waals surface area contributed by atoms with Crippen molar-refractivity contribution in [1.29, 1.82) is 0 Å². The summed E-state index contributed by atoms with van der Waals surface area (Å²) in [5.74, 6) is 0. The van der Waals surface area contributed by atoms with Crippen LogP contribution in [0.1, 0.15) is 63.3 Å². The molecule has 1 heteroatoms. The highest BCUT2D eigenvalue weighted by molar-refractivity contribution is 5.38. The van der Waals surface area contributed by atoms with Crippen LogP contribution in [0, 0.1) is 12.3 Å². The van der Waals surface area contributed by atoms with Crippen LogP contribution in [0.2, 0.25) is 0 Å². The molecular formula is C16H25N. The lowest BCUT2D eigenvalue weighted by atomic mass is 9.82. The van der Waals surface area contributed by atoms with Crippen molar-refractivity contribution in [3.05, 3.63) is 34.9 Å². The molecule has 2 N–H and O–H groups in total. The van der Waals surface area contributed by atoms with E-state index in [1.165, 1.54) is 29.5 Å². The molecule has 1 aliphatic carbocycles. The van der Waals surface area contributed by atoms with Crippen LogP contribution in [0.3, 0.4) is 0 Å². The highest BCUT2D eigenvalue weighted by Gasteiger charge is 2.44. The Labute approximate surface area is 105 Å². The van der Waals surface area contributed by atoms with Gasteiger partial charge in [0.15, 0.2) is 0 Å². The van der Waals surface area contributed by atoms with Crippen LogP contribution in [0.5, 0.6) is 0 Å². The first-order chi connectivity index (χ1) is 7.74. The first-order valence-electron chi connectivity index (χ1n) is 6.61. The molecule has 0 aromatic heterocycles. The van der Waals surface area contributed by atoms with Crippen molar-refractivity contribution < 1.29 is 0 Å². The first-order valence-corrected chi connectivity index (χ1v) is 6.61. The van der Waals surface area contributed by atoms with E-state index < -0.39 is 0 Å². The van der Waals surface area contributed by atoms with Gasteiger partial charge in [0.25, 0.3) is 0 Å². The number of nitrogens with two attached hydrogens (primary N) is 1. The number of benzene rings is 1. The van der Waals surface area contributed by atoms with E-state index in [1.807, 2.05) is 0 Å². The summed E-state index contributed by atoms with van der Waals surface area (Å²) in [5.41, 5.74) is 11.1. The van der Waals surface area contributed by atoms with E-state index in [4.69, 9.17) is 5.73 Å². The zero-order valence-electron chi connectivity index (χ0n) is 11.8. The molecule has 1 aromatic carbocycles. The fourth-order valence-corrected chi connectivity index (χ4v) is 2.33. The van der Waals surface area contributed by atoms with E-state index in [9.17, 15) is 0 Å². The van der Waals surface area contributed by atoms with Crippen LogP contribution in [0.4, 0.5) is 0 Å². The van der Waals surface area contributed by atoms with Gasteiger partial charge in [-0.15, -0.1) is 0 Å². The second-order valence-corrected chi connectivity index (χ2v) is 6.95. The maximum absolute atomic E-state index is 6.45. The Morgan fingerprint density at radius 3 is 2.29 bits per heavy atom. The summed E-state index contributed by atoms with van der Waals surface area (Å²) in [5, 5.41) is 0. The van der Waals surface area contributed by atoms with E-state index in [-0.39, 0.29) is 11.5 Å². The second kappa shape index (κ2) is 3.84. The van der Waals surface area contributed by atoms with Crippen LogP contribution >= 0.6 is 0 Å². The number of hydrogen-bond acceptors (Lipinski definition) is 1. The quantitative estimate of drug-likeness (QED) is 0.815. The molecule has 0 aliphatic heterocycles. The standard InChI is InChI=1S/C16H25N/c1-11-6-7-12(15(2,3)4)10-13(11)14(17)16(5)8-9-16/h6-7,10,14H,8-9,17H2,1-5H3. The van der Waals surface area contributed by atoms with Gasteiger partial charge in [-0.1, -0.05) is 45.9 Å². The van der Waals surface area contributed by atoms with Gasteiger partial charge in [0, 0.05) is 6.04 Å². The molecule has 1 unspecified atom stereocenters. The Bertz CT molecular complexity index is 422. The van der Waals surface area contributed by atoms with Gasteiger partial charge < -0.3 is 5.73 Å². The van der Waals surface area contributed by atoms with Crippen LogP contribution in [-0.4, -0.2) is 0 Å². The van der Waals surface area contributed by atoms with Crippen LogP contribution in [-0.2, 0) is 5.41 Å². The smallest absolute Gasteiger partial charge is 0.0352 e. The molecule has 17 heavy (non-hydrogen) atoms. The zero-order chi connectivity index (χ0) is 12.8. The summed E-state index contributed by atoms with van der Waals surface area (Å²) in [6.45, 7) is 11.2. The minimum atomic E-state index is 0.199. The Morgan fingerprint density at radius 1 is 1.24 bits per heavy atom. The van der Waals surface area contributed by atoms with Gasteiger partial charge in [0.2, 0.25) is 0 Å². The van der Waals surface area contributed by atoms with Gasteiger partial charge in [-0.05, 0) is 47.3 Å². The Balaban J connectivity index is 2.39. The first kappa shape index (κ1) is 12.6. The van der Waals surface area contributed by atoms with Crippen molar-refractivity contribution in [1.82, 2.24) is 0 Å². The third-order valence-corrected chi connectivity index (χ3v) is 4.27. The molecule has 0 amide bonds. The van der Waals surface area contributed by atoms with Crippen LogP contribution < -0.4 is 5.73 Å². The summed E-state index contributed by atoms with van der Waals surface area (Å²) >= 11 is 0. The van der Waals surface area contributed by atoms with Gasteiger partial charge in [-0.25, -0.2) is 0 Å². The van der Waals surface area contributed by atoms with Crippen molar-refractivity contribution in [2.24, 2.45) is 11.1 Å². The fraction of sp³-hybridized carbons (Fsp3) is 0.625. The fourth-order valence-electron chi connectivity index (χ4n) is 2.33. The van der Waals surface area contributed by atoms with Crippen LogP contribution in [0.15, 0.2) is 18.2 Å². The number of rotatable bonds is 2. The molecule has 1 fully saturated rings. The molecule has 0 bridgehead atoms. The van der Waals surface area contributed by atoms with Gasteiger partial charge >= 0.3 is 0 Å². The summed E-state index contributed by atoms with van der Waals surface area (Å²) in [6.07, 6.45) is 2.54. The molecule has 0 heterocycles. The summed E-state index contributed by atoms with van der Waals surface area (Å²) < 4.78 is 0. The Kier molecular flexibility index (Phi) is 2.86. The molecule has 0 radical (unpaired) electrons. The molecule has 1 saturated carbocycles. The average Bonchev–Trinajstić information content (AvgIpc) is 2.96. The molecule has 1 atom stereocenters. The van der Waals surface area contributed by atoms with Crippen molar-refractivity contribution in [2.75, 3.05) is 0 Å². The van der Waals surface area contributed by atoms with Gasteiger partial charge in [-0.3, -0.25) is 0 Å².